The summed E-state index contributed by atoms with van der Waals surface area (Å²) in [6.07, 6.45) is 8.77. The predicted octanol–water partition coefficient (Wildman–Crippen LogP) is 2.15. The van der Waals surface area contributed by atoms with Crippen LogP contribution in [0.3, 0.4) is 0 Å². The molecule has 15 heavy (non-hydrogen) atoms. The van der Waals surface area contributed by atoms with Crippen molar-refractivity contribution in [1.29, 1.82) is 0 Å². The second-order valence-electron chi connectivity index (χ2n) is 3.67. The molecule has 0 radical (unpaired) electrons. The molecule has 3 heteroatoms. The van der Waals surface area contributed by atoms with Gasteiger partial charge in [0.1, 0.15) is 5.76 Å². The average Bonchev–Trinajstić information content (AvgIpc) is 2.16. The molecule has 1 N–H and O–H groups in total. The molecule has 0 bridgehead atoms. The van der Waals surface area contributed by atoms with Crippen molar-refractivity contribution >= 4 is 5.91 Å². The van der Waals surface area contributed by atoms with Crippen LogP contribution in [0.4, 0.5) is 0 Å². The van der Waals surface area contributed by atoms with E-state index < -0.39 is 0 Å². The number of rotatable bonds is 1. The van der Waals surface area contributed by atoms with Crippen LogP contribution in [0.1, 0.15) is 20.3 Å². The van der Waals surface area contributed by atoms with E-state index >= 15 is 0 Å². The van der Waals surface area contributed by atoms with E-state index in [9.17, 15) is 4.79 Å². The van der Waals surface area contributed by atoms with Gasteiger partial charge in [-0.3, -0.25) is 10.1 Å². The minimum atomic E-state index is -0.123. The summed E-state index contributed by atoms with van der Waals surface area (Å²) < 4.78 is 5.55. The first kappa shape index (κ1) is 9.77. The molecule has 1 aliphatic heterocycles. The molecule has 78 valence electrons. The summed E-state index contributed by atoms with van der Waals surface area (Å²) in [6, 6.07) is 0. The number of fused-ring (bicyclic) bond motifs is 1. The quantitative estimate of drug-likeness (QED) is 0.709. The topological polar surface area (TPSA) is 38.3 Å². The normalized spacial score (nSPS) is 18.8. The average molecular weight is 203 g/mol. The van der Waals surface area contributed by atoms with Crippen LogP contribution in [0.25, 0.3) is 0 Å². The van der Waals surface area contributed by atoms with Crippen molar-refractivity contribution < 1.29 is 9.53 Å². The Kier molecular flexibility index (Phi) is 2.46. The van der Waals surface area contributed by atoms with Gasteiger partial charge in [0.25, 0.3) is 0 Å². The van der Waals surface area contributed by atoms with Gasteiger partial charge in [-0.1, -0.05) is 11.6 Å². The van der Waals surface area contributed by atoms with E-state index in [2.05, 4.69) is 11.4 Å². The Morgan fingerprint density at radius 1 is 1.47 bits per heavy atom. The fourth-order valence-corrected chi connectivity index (χ4v) is 1.54. The summed E-state index contributed by atoms with van der Waals surface area (Å²) in [5.41, 5.74) is 2.33. The molecule has 0 unspecified atom stereocenters. The Hall–Kier alpha value is -1.77. The zero-order valence-electron chi connectivity index (χ0n) is 8.83. The van der Waals surface area contributed by atoms with E-state index in [4.69, 9.17) is 4.74 Å². The Labute approximate surface area is 88.8 Å². The lowest BCUT2D eigenvalue weighted by molar-refractivity contribution is -0.118. The maximum absolute atomic E-state index is 10.9. The van der Waals surface area contributed by atoms with Gasteiger partial charge < -0.3 is 4.74 Å². The summed E-state index contributed by atoms with van der Waals surface area (Å²) >= 11 is 0. The molecule has 0 aromatic heterocycles. The van der Waals surface area contributed by atoms with Gasteiger partial charge >= 0.3 is 0 Å². The van der Waals surface area contributed by atoms with Gasteiger partial charge in [-0.25, -0.2) is 0 Å². The zero-order chi connectivity index (χ0) is 10.8. The molecule has 1 heterocycles. The van der Waals surface area contributed by atoms with Crippen LogP contribution in [-0.2, 0) is 9.53 Å². The summed E-state index contributed by atoms with van der Waals surface area (Å²) in [5.74, 6) is 1.20. The Morgan fingerprint density at radius 2 is 2.27 bits per heavy atom. The fourth-order valence-electron chi connectivity index (χ4n) is 1.54. The monoisotopic (exact) mass is 203 g/mol. The number of nitrogens with one attached hydrogen (secondary N) is 1. The molecule has 0 saturated heterocycles. The SMILES string of the molecule is CC(=O)NC1=CC=C2CC=C(C)C=C2O1. The highest BCUT2D eigenvalue weighted by atomic mass is 16.5. The van der Waals surface area contributed by atoms with E-state index in [1.807, 2.05) is 19.1 Å². The lowest BCUT2D eigenvalue weighted by Gasteiger charge is -2.21. The van der Waals surface area contributed by atoms with Crippen LogP contribution in [0, 0.1) is 0 Å². The Bertz CT molecular complexity index is 425. The molecule has 0 saturated carbocycles. The fraction of sp³-hybridized carbons (Fsp3) is 0.250. The van der Waals surface area contributed by atoms with E-state index in [-0.39, 0.29) is 5.91 Å². The first-order valence-corrected chi connectivity index (χ1v) is 4.90. The summed E-state index contributed by atoms with van der Waals surface area (Å²) in [6.45, 7) is 3.49. The van der Waals surface area contributed by atoms with E-state index in [1.165, 1.54) is 12.5 Å². The number of carbonyl (C=O) groups is 1. The number of carbonyl (C=O) groups excluding carboxylic acids is 1. The first-order valence-electron chi connectivity index (χ1n) is 4.90. The standard InChI is InChI=1S/C12H13NO2/c1-8-3-4-10-5-6-12(13-9(2)14)15-11(10)7-8/h3,5-7H,4H2,1-2H3,(H,13,14). The molecule has 1 amide bonds. The highest BCUT2D eigenvalue weighted by molar-refractivity contribution is 5.74. The number of hydrogen-bond donors (Lipinski definition) is 1. The predicted molar refractivity (Wildman–Crippen MR) is 57.5 cm³/mol. The van der Waals surface area contributed by atoms with Crippen molar-refractivity contribution in [3.63, 3.8) is 0 Å². The van der Waals surface area contributed by atoms with Crippen molar-refractivity contribution in [2.75, 3.05) is 0 Å². The molecule has 0 atom stereocenters. The maximum Gasteiger partial charge on any atom is 0.223 e. The van der Waals surface area contributed by atoms with Gasteiger partial charge in [0, 0.05) is 6.92 Å². The minimum Gasteiger partial charge on any atom is -0.441 e. The smallest absolute Gasteiger partial charge is 0.223 e. The molecule has 0 fully saturated rings. The van der Waals surface area contributed by atoms with Crippen molar-refractivity contribution in [3.8, 4) is 0 Å². The molecule has 2 aliphatic rings. The van der Waals surface area contributed by atoms with Crippen LogP contribution >= 0.6 is 0 Å². The van der Waals surface area contributed by atoms with Gasteiger partial charge in [0.2, 0.25) is 5.91 Å². The minimum absolute atomic E-state index is 0.123. The van der Waals surface area contributed by atoms with Crippen LogP contribution < -0.4 is 5.32 Å². The molecule has 3 nitrogen and oxygen atoms in total. The second-order valence-corrected chi connectivity index (χ2v) is 3.67. The molecule has 0 aromatic carbocycles. The van der Waals surface area contributed by atoms with Gasteiger partial charge in [-0.2, -0.15) is 0 Å². The van der Waals surface area contributed by atoms with Crippen molar-refractivity contribution in [3.05, 3.63) is 47.1 Å². The maximum atomic E-state index is 10.9. The number of allylic oxidation sites excluding steroid dienone is 6. The highest BCUT2D eigenvalue weighted by Gasteiger charge is 2.16. The van der Waals surface area contributed by atoms with E-state index in [0.29, 0.717) is 5.88 Å². The number of ether oxygens (including phenoxy) is 1. The second kappa shape index (κ2) is 3.77. The summed E-state index contributed by atoms with van der Waals surface area (Å²) in [7, 11) is 0. The molecular formula is C12H13NO2. The third-order valence-electron chi connectivity index (χ3n) is 2.27. The number of amides is 1. The molecular weight excluding hydrogens is 190 g/mol. The molecule has 0 spiro atoms. The van der Waals surface area contributed by atoms with Gasteiger partial charge in [-0.15, -0.1) is 0 Å². The van der Waals surface area contributed by atoms with Crippen LogP contribution in [-0.4, -0.2) is 5.91 Å². The number of hydrogen-bond acceptors (Lipinski definition) is 2. The first-order chi connectivity index (χ1) is 7.15. The van der Waals surface area contributed by atoms with Gasteiger partial charge in [-0.05, 0) is 37.1 Å². The molecule has 0 aromatic rings. The summed E-state index contributed by atoms with van der Waals surface area (Å²) in [4.78, 5) is 10.9. The lowest BCUT2D eigenvalue weighted by atomic mass is 10.00. The van der Waals surface area contributed by atoms with Crippen LogP contribution in [0.2, 0.25) is 0 Å². The largest absolute Gasteiger partial charge is 0.441 e. The molecule has 2 rings (SSSR count). The Balaban J connectivity index is 2.19. The summed E-state index contributed by atoms with van der Waals surface area (Å²) in [5, 5.41) is 2.62. The van der Waals surface area contributed by atoms with Crippen molar-refractivity contribution in [2.24, 2.45) is 0 Å². The highest BCUT2D eigenvalue weighted by Crippen LogP contribution is 2.28. The van der Waals surface area contributed by atoms with Crippen molar-refractivity contribution in [2.45, 2.75) is 20.3 Å². The van der Waals surface area contributed by atoms with Crippen LogP contribution in [0.15, 0.2) is 47.1 Å². The van der Waals surface area contributed by atoms with E-state index in [1.54, 1.807) is 6.08 Å². The zero-order valence-corrected chi connectivity index (χ0v) is 8.83. The Morgan fingerprint density at radius 3 is 3.00 bits per heavy atom. The van der Waals surface area contributed by atoms with E-state index in [0.717, 1.165) is 17.8 Å². The third kappa shape index (κ3) is 2.18. The van der Waals surface area contributed by atoms with Gasteiger partial charge in [0.05, 0.1) is 0 Å². The van der Waals surface area contributed by atoms with Crippen molar-refractivity contribution in [1.82, 2.24) is 5.32 Å². The van der Waals surface area contributed by atoms with Crippen LogP contribution in [0.5, 0.6) is 0 Å². The van der Waals surface area contributed by atoms with Gasteiger partial charge in [0.15, 0.2) is 5.88 Å². The lowest BCUT2D eigenvalue weighted by Crippen LogP contribution is -2.22. The molecule has 1 aliphatic carbocycles. The third-order valence-corrected chi connectivity index (χ3v) is 2.27.